The van der Waals surface area contributed by atoms with E-state index >= 15 is 0 Å². The number of nitrogens with one attached hydrogen (secondary N) is 1. The number of nitrogens with zero attached hydrogens (tertiary/aromatic N) is 2. The van der Waals surface area contributed by atoms with Gasteiger partial charge in [0.1, 0.15) is 5.75 Å². The molecule has 2 saturated carbocycles. The molecule has 2 unspecified atom stereocenters. The van der Waals surface area contributed by atoms with Gasteiger partial charge in [-0.2, -0.15) is 0 Å². The second-order valence-corrected chi connectivity index (χ2v) is 7.36. The minimum absolute atomic E-state index is 0. The number of aromatic nitrogens is 2. The van der Waals surface area contributed by atoms with Crippen molar-refractivity contribution in [3.05, 3.63) is 42.9 Å². The van der Waals surface area contributed by atoms with Crippen LogP contribution in [0.15, 0.2) is 42.9 Å². The number of halogens is 1. The molecule has 2 aromatic rings. The van der Waals surface area contributed by atoms with Gasteiger partial charge in [-0.15, -0.1) is 12.4 Å². The molecule has 2 aliphatic carbocycles. The van der Waals surface area contributed by atoms with Gasteiger partial charge in [-0.1, -0.05) is 12.5 Å². The third-order valence-electron chi connectivity index (χ3n) is 5.65. The fourth-order valence-electron chi connectivity index (χ4n) is 4.34. The molecule has 0 radical (unpaired) electrons. The first-order valence-electron chi connectivity index (χ1n) is 9.29. The normalized spacial score (nSPS) is 26.6. The van der Waals surface area contributed by atoms with Crippen molar-refractivity contribution in [3.63, 3.8) is 0 Å². The lowest BCUT2D eigenvalue weighted by Crippen LogP contribution is -2.48. The van der Waals surface area contributed by atoms with Crippen LogP contribution in [0.4, 0.5) is 5.69 Å². The van der Waals surface area contributed by atoms with E-state index in [0.29, 0.717) is 23.5 Å². The molecule has 4 rings (SSSR count). The summed E-state index contributed by atoms with van der Waals surface area (Å²) < 4.78 is 5.68. The number of carbonyl (C=O) groups excluding carboxylic acids is 1. The molecule has 2 aliphatic rings. The number of benzene rings is 1. The number of amides is 1. The first-order valence-corrected chi connectivity index (χ1v) is 9.29. The fourth-order valence-corrected chi connectivity index (χ4v) is 4.34. The van der Waals surface area contributed by atoms with Gasteiger partial charge in [0.2, 0.25) is 11.8 Å². The molecule has 144 valence electrons. The van der Waals surface area contributed by atoms with E-state index in [-0.39, 0.29) is 30.3 Å². The number of carbonyl (C=O) groups is 1. The summed E-state index contributed by atoms with van der Waals surface area (Å²) in [5.74, 6) is 2.16. The van der Waals surface area contributed by atoms with E-state index in [0.717, 1.165) is 31.4 Å². The summed E-state index contributed by atoms with van der Waals surface area (Å²) in [6.07, 6.45) is 10.1. The van der Waals surface area contributed by atoms with Crippen LogP contribution in [0.1, 0.15) is 32.1 Å². The van der Waals surface area contributed by atoms with E-state index in [9.17, 15) is 4.79 Å². The van der Waals surface area contributed by atoms with Crippen molar-refractivity contribution in [2.24, 2.45) is 23.5 Å². The molecule has 1 amide bonds. The summed E-state index contributed by atoms with van der Waals surface area (Å²) in [6, 6.07) is 7.64. The molecule has 0 spiro atoms. The van der Waals surface area contributed by atoms with Gasteiger partial charge in [0.25, 0.3) is 0 Å². The van der Waals surface area contributed by atoms with E-state index in [4.69, 9.17) is 10.5 Å². The first-order chi connectivity index (χ1) is 12.7. The maximum Gasteiger partial charge on any atom is 0.237 e. The van der Waals surface area contributed by atoms with E-state index in [1.165, 1.54) is 6.42 Å². The Labute approximate surface area is 165 Å². The summed E-state index contributed by atoms with van der Waals surface area (Å²) >= 11 is 0. The Hall–Kier alpha value is -2.18. The molecule has 2 fully saturated rings. The lowest BCUT2D eigenvalue weighted by Gasteiger charge is -2.43. The van der Waals surface area contributed by atoms with Crippen LogP contribution in [0.3, 0.4) is 0 Å². The molecule has 1 heterocycles. The topological polar surface area (TPSA) is 90.1 Å². The standard InChI is InChI=1S/C20H24N4O2.ClH/c21-19-13-3-1-4-14(19)10-15(9-13)20(25)24-16-5-2-6-17(11-16)26-18-12-22-7-8-23-18;/h2,5-8,11-15,19H,1,3-4,9-10,21H2,(H,24,25);1H. The quantitative estimate of drug-likeness (QED) is 0.831. The van der Waals surface area contributed by atoms with Crippen molar-refractivity contribution >= 4 is 24.0 Å². The third kappa shape index (κ3) is 4.57. The number of rotatable bonds is 4. The van der Waals surface area contributed by atoms with Crippen molar-refractivity contribution in [1.82, 2.24) is 9.97 Å². The Kier molecular flexibility index (Phi) is 6.29. The number of fused-ring (bicyclic) bond motifs is 2. The smallest absolute Gasteiger partial charge is 0.237 e. The Bertz CT molecular complexity index is 760. The Morgan fingerprint density at radius 1 is 1.19 bits per heavy atom. The van der Waals surface area contributed by atoms with Gasteiger partial charge in [0, 0.05) is 36.1 Å². The molecule has 3 N–H and O–H groups in total. The van der Waals surface area contributed by atoms with E-state index in [1.54, 1.807) is 18.6 Å². The highest BCUT2D eigenvalue weighted by atomic mass is 35.5. The van der Waals surface area contributed by atoms with Crippen LogP contribution in [-0.2, 0) is 4.79 Å². The Balaban J connectivity index is 0.00000210. The largest absolute Gasteiger partial charge is 0.437 e. The molecular formula is C20H25ClN4O2. The average molecular weight is 389 g/mol. The number of nitrogens with two attached hydrogens (primary N) is 1. The van der Waals surface area contributed by atoms with Gasteiger partial charge in [-0.3, -0.25) is 9.78 Å². The van der Waals surface area contributed by atoms with Gasteiger partial charge >= 0.3 is 0 Å². The number of hydrogen-bond acceptors (Lipinski definition) is 5. The lowest BCUT2D eigenvalue weighted by molar-refractivity contribution is -0.122. The number of hydrogen-bond donors (Lipinski definition) is 2. The monoisotopic (exact) mass is 388 g/mol. The van der Waals surface area contributed by atoms with Crippen LogP contribution in [0.2, 0.25) is 0 Å². The third-order valence-corrected chi connectivity index (χ3v) is 5.65. The highest BCUT2D eigenvalue weighted by molar-refractivity contribution is 5.92. The maximum atomic E-state index is 12.8. The van der Waals surface area contributed by atoms with Gasteiger partial charge in [-0.05, 0) is 49.7 Å². The Morgan fingerprint density at radius 2 is 1.96 bits per heavy atom. The fraction of sp³-hybridized carbons (Fsp3) is 0.450. The average Bonchev–Trinajstić information content (AvgIpc) is 2.62. The van der Waals surface area contributed by atoms with E-state index in [1.807, 2.05) is 24.3 Å². The summed E-state index contributed by atoms with van der Waals surface area (Å²) in [4.78, 5) is 20.8. The van der Waals surface area contributed by atoms with Gasteiger partial charge in [-0.25, -0.2) is 4.98 Å². The number of ether oxygens (including phenoxy) is 1. The van der Waals surface area contributed by atoms with Crippen molar-refractivity contribution in [1.29, 1.82) is 0 Å². The molecule has 27 heavy (non-hydrogen) atoms. The van der Waals surface area contributed by atoms with Crippen molar-refractivity contribution in [2.45, 2.75) is 38.1 Å². The minimum atomic E-state index is 0. The molecular weight excluding hydrogens is 364 g/mol. The van der Waals surface area contributed by atoms with Crippen LogP contribution in [0, 0.1) is 17.8 Å². The van der Waals surface area contributed by atoms with Gasteiger partial charge in [0.15, 0.2) is 0 Å². The van der Waals surface area contributed by atoms with Gasteiger partial charge in [0.05, 0.1) is 6.20 Å². The SMILES string of the molecule is Cl.NC1C2CCCC1CC(C(=O)Nc1cccc(Oc3cnccn3)c1)C2. The molecule has 2 atom stereocenters. The van der Waals surface area contributed by atoms with E-state index in [2.05, 4.69) is 15.3 Å². The summed E-state index contributed by atoms with van der Waals surface area (Å²) in [7, 11) is 0. The summed E-state index contributed by atoms with van der Waals surface area (Å²) in [5, 5.41) is 3.05. The summed E-state index contributed by atoms with van der Waals surface area (Å²) in [5.41, 5.74) is 7.07. The Morgan fingerprint density at radius 3 is 2.67 bits per heavy atom. The zero-order valence-electron chi connectivity index (χ0n) is 15.1. The van der Waals surface area contributed by atoms with Crippen molar-refractivity contribution in [3.8, 4) is 11.6 Å². The first kappa shape index (κ1) is 19.6. The second-order valence-electron chi connectivity index (χ2n) is 7.36. The molecule has 2 bridgehead atoms. The molecule has 1 aromatic heterocycles. The van der Waals surface area contributed by atoms with Crippen molar-refractivity contribution < 1.29 is 9.53 Å². The lowest BCUT2D eigenvalue weighted by atomic mass is 9.65. The molecule has 1 aromatic carbocycles. The highest BCUT2D eigenvalue weighted by Crippen LogP contribution is 2.42. The van der Waals surface area contributed by atoms with Crippen LogP contribution in [0.5, 0.6) is 11.6 Å². The minimum Gasteiger partial charge on any atom is -0.437 e. The van der Waals surface area contributed by atoms with Crippen molar-refractivity contribution in [2.75, 3.05) is 5.32 Å². The van der Waals surface area contributed by atoms with E-state index < -0.39 is 0 Å². The molecule has 7 heteroatoms. The molecule has 0 aliphatic heterocycles. The van der Waals surface area contributed by atoms with Crippen LogP contribution >= 0.6 is 12.4 Å². The molecule has 6 nitrogen and oxygen atoms in total. The highest BCUT2D eigenvalue weighted by Gasteiger charge is 2.40. The predicted molar refractivity (Wildman–Crippen MR) is 106 cm³/mol. The number of anilines is 1. The van der Waals surface area contributed by atoms with Crippen LogP contribution < -0.4 is 15.8 Å². The van der Waals surface area contributed by atoms with Gasteiger partial charge < -0.3 is 15.8 Å². The zero-order valence-corrected chi connectivity index (χ0v) is 15.9. The second kappa shape index (κ2) is 8.67. The van der Waals surface area contributed by atoms with Crippen LogP contribution in [0.25, 0.3) is 0 Å². The predicted octanol–water partition coefficient (Wildman–Crippen LogP) is 3.78. The molecule has 0 saturated heterocycles. The van der Waals surface area contributed by atoms with Crippen LogP contribution in [-0.4, -0.2) is 21.9 Å². The summed E-state index contributed by atoms with van der Waals surface area (Å²) in [6.45, 7) is 0. The maximum absolute atomic E-state index is 12.8. The zero-order chi connectivity index (χ0) is 17.9.